The molecule has 2 heterocycles. The Morgan fingerprint density at radius 3 is 1.93 bits per heavy atom. The highest BCUT2D eigenvalue weighted by Crippen LogP contribution is 2.44. The normalized spacial score (nSPS) is 19.0. The first-order chi connectivity index (χ1) is 13.5. The second kappa shape index (κ2) is 6.06. The van der Waals surface area contributed by atoms with Crippen LogP contribution in [0.15, 0.2) is 96.0 Å². The van der Waals surface area contributed by atoms with Gasteiger partial charge in [-0.2, -0.15) is 4.58 Å². The van der Waals surface area contributed by atoms with Gasteiger partial charge in [-0.25, -0.2) is 0 Å². The molecule has 0 fully saturated rings. The quantitative estimate of drug-likeness (QED) is 0.374. The van der Waals surface area contributed by atoms with Gasteiger partial charge in [-0.3, -0.25) is 0 Å². The zero-order valence-electron chi connectivity index (χ0n) is 15.1. The van der Waals surface area contributed by atoms with Crippen molar-refractivity contribution in [3.05, 3.63) is 96.0 Å². The molecule has 3 aliphatic rings. The first kappa shape index (κ1) is 16.7. The number of hydrogen-bond acceptors (Lipinski definition) is 2. The van der Waals surface area contributed by atoms with Crippen LogP contribution < -0.4 is 4.58 Å². The fourth-order valence-corrected chi connectivity index (χ4v) is 3.77. The Labute approximate surface area is 161 Å². The lowest BCUT2D eigenvalue weighted by Gasteiger charge is -2.34. The van der Waals surface area contributed by atoms with Gasteiger partial charge in [-0.1, -0.05) is 24.3 Å². The summed E-state index contributed by atoms with van der Waals surface area (Å²) >= 11 is 0. The molecule has 3 nitrogen and oxygen atoms in total. The van der Waals surface area contributed by atoms with Gasteiger partial charge in [-0.15, -0.1) is 0 Å². The van der Waals surface area contributed by atoms with Gasteiger partial charge in [0.25, 0.3) is 0 Å². The van der Waals surface area contributed by atoms with E-state index >= 15 is 0 Å². The lowest BCUT2D eigenvalue weighted by Crippen LogP contribution is -2.34. The van der Waals surface area contributed by atoms with Crippen molar-refractivity contribution in [2.24, 2.45) is 0 Å². The summed E-state index contributed by atoms with van der Waals surface area (Å²) in [6, 6.07) is 16.4. The summed E-state index contributed by atoms with van der Waals surface area (Å²) < 4.78 is 38.5. The number of rotatable bonds is 0. The fraction of sp³-hybridized carbons (Fsp3) is 0.0455. The van der Waals surface area contributed by atoms with Crippen molar-refractivity contribution in [1.82, 2.24) is 4.58 Å². The van der Waals surface area contributed by atoms with Crippen LogP contribution in [0.3, 0.4) is 0 Å². The Morgan fingerprint density at radius 1 is 0.786 bits per heavy atom. The molecule has 1 aliphatic carbocycles. The van der Waals surface area contributed by atoms with Crippen molar-refractivity contribution in [3.63, 3.8) is 0 Å². The lowest BCUT2D eigenvalue weighted by atomic mass is 10.0. The molecule has 0 saturated carbocycles. The predicted octanol–water partition coefficient (Wildman–Crippen LogP) is 5.65. The summed E-state index contributed by atoms with van der Waals surface area (Å²) in [6.07, 6.45) is 8.88. The first-order valence-electron chi connectivity index (χ1n) is 9.04. The maximum absolute atomic E-state index is 13.6. The third-order valence-electron chi connectivity index (χ3n) is 4.91. The SMILES string of the molecule is CC1=CC(=C2C=CC(=[N+]3c4ccccc4-c4ccccc43)C=C2)O[B-](F)(F)O1. The molecule has 28 heavy (non-hydrogen) atoms. The van der Waals surface area contributed by atoms with E-state index in [9.17, 15) is 8.63 Å². The van der Waals surface area contributed by atoms with E-state index in [0.717, 1.165) is 17.1 Å². The van der Waals surface area contributed by atoms with Crippen LogP contribution in [-0.2, 0) is 9.31 Å². The van der Waals surface area contributed by atoms with Crippen LogP contribution in [0, 0.1) is 0 Å². The van der Waals surface area contributed by atoms with Crippen molar-refractivity contribution in [3.8, 4) is 11.1 Å². The molecule has 0 radical (unpaired) electrons. The molecule has 0 aromatic heterocycles. The Morgan fingerprint density at radius 2 is 1.36 bits per heavy atom. The van der Waals surface area contributed by atoms with Crippen LogP contribution in [0.2, 0.25) is 0 Å². The van der Waals surface area contributed by atoms with Gasteiger partial charge in [0.05, 0.1) is 22.6 Å². The van der Waals surface area contributed by atoms with Gasteiger partial charge in [0, 0.05) is 35.9 Å². The van der Waals surface area contributed by atoms with Crippen LogP contribution in [-0.4, -0.2) is 12.8 Å². The summed E-state index contributed by atoms with van der Waals surface area (Å²) in [5.74, 6) is 0.250. The van der Waals surface area contributed by atoms with E-state index in [-0.39, 0.29) is 11.5 Å². The molecule has 0 N–H and O–H groups in total. The molecule has 0 bridgehead atoms. The Bertz CT molecular complexity index is 1090. The fourth-order valence-electron chi connectivity index (χ4n) is 3.77. The molecule has 2 aromatic carbocycles. The summed E-state index contributed by atoms with van der Waals surface area (Å²) in [6.45, 7) is 1.49. The highest BCUT2D eigenvalue weighted by molar-refractivity contribution is 6.52. The molecule has 138 valence electrons. The number of fused-ring (bicyclic) bond motifs is 3. The molecule has 2 aromatic rings. The highest BCUT2D eigenvalue weighted by atomic mass is 19.3. The molecule has 0 unspecified atom stereocenters. The average molecular weight is 375 g/mol. The third kappa shape index (κ3) is 2.69. The second-order valence-electron chi connectivity index (χ2n) is 6.81. The smallest absolute Gasteiger partial charge is 0.631 e. The zero-order chi connectivity index (χ0) is 19.3. The van der Waals surface area contributed by atoms with Crippen molar-refractivity contribution >= 4 is 24.2 Å². The number of allylic oxidation sites excluding steroid dienone is 7. The minimum atomic E-state index is -4.33. The Hall–Kier alpha value is -3.41. The molecule has 6 heteroatoms. The highest BCUT2D eigenvalue weighted by Gasteiger charge is 2.37. The average Bonchev–Trinajstić information content (AvgIpc) is 3.01. The monoisotopic (exact) mass is 375 g/mol. The minimum Gasteiger partial charge on any atom is -0.631 e. The number of halogens is 2. The van der Waals surface area contributed by atoms with E-state index in [4.69, 9.17) is 4.65 Å². The van der Waals surface area contributed by atoms with Gasteiger partial charge >= 0.3 is 7.11 Å². The van der Waals surface area contributed by atoms with E-state index in [1.165, 1.54) is 24.1 Å². The molecule has 0 saturated heterocycles. The molecule has 5 rings (SSSR count). The largest absolute Gasteiger partial charge is 0.725 e. The molecular formula is C22H16BF2NO2. The molecule has 0 atom stereocenters. The van der Waals surface area contributed by atoms with Crippen LogP contribution in [0.4, 0.5) is 20.0 Å². The molecule has 0 spiro atoms. The summed E-state index contributed by atoms with van der Waals surface area (Å²) in [7, 11) is -4.33. The van der Waals surface area contributed by atoms with Gasteiger partial charge in [0.2, 0.25) is 17.1 Å². The van der Waals surface area contributed by atoms with E-state index < -0.39 is 7.11 Å². The van der Waals surface area contributed by atoms with Crippen molar-refractivity contribution in [2.75, 3.05) is 0 Å². The molecular weight excluding hydrogens is 359 g/mol. The zero-order valence-corrected chi connectivity index (χ0v) is 15.1. The van der Waals surface area contributed by atoms with Gasteiger partial charge in [0.15, 0.2) is 0 Å². The third-order valence-corrected chi connectivity index (χ3v) is 4.91. The van der Waals surface area contributed by atoms with Crippen molar-refractivity contribution < 1.29 is 17.9 Å². The summed E-state index contributed by atoms with van der Waals surface area (Å²) in [5.41, 5.74) is 6.06. The number of nitrogens with zero attached hydrogens (tertiary/aromatic N) is 1. The topological polar surface area (TPSA) is 21.5 Å². The second-order valence-corrected chi connectivity index (χ2v) is 6.81. The van der Waals surface area contributed by atoms with Crippen molar-refractivity contribution in [1.29, 1.82) is 0 Å². The van der Waals surface area contributed by atoms with Crippen LogP contribution in [0.25, 0.3) is 11.1 Å². The molecule has 0 amide bonds. The van der Waals surface area contributed by atoms with E-state index in [1.54, 1.807) is 12.2 Å². The summed E-state index contributed by atoms with van der Waals surface area (Å²) in [4.78, 5) is 0. The standard InChI is InChI=1S/C22H16BF2NO2/c1-15-14-22(28-23(24,25)27-15)16-10-12-17(13-11-16)26-20-8-4-2-6-18(20)19-7-3-5-9-21(19)26/h2-14H,1H3. The van der Waals surface area contributed by atoms with Crippen LogP contribution >= 0.6 is 0 Å². The molecule has 2 aliphatic heterocycles. The van der Waals surface area contributed by atoms with Gasteiger partial charge in [0.1, 0.15) is 0 Å². The Kier molecular flexibility index (Phi) is 3.62. The van der Waals surface area contributed by atoms with E-state index in [0.29, 0.717) is 5.57 Å². The summed E-state index contributed by atoms with van der Waals surface area (Å²) in [5, 5.41) is 0. The number of hydrogen-bond donors (Lipinski definition) is 0. The van der Waals surface area contributed by atoms with Gasteiger partial charge < -0.3 is 17.9 Å². The lowest BCUT2D eigenvalue weighted by molar-refractivity contribution is 0.143. The van der Waals surface area contributed by atoms with Crippen LogP contribution in [0.1, 0.15) is 6.92 Å². The maximum atomic E-state index is 13.6. The maximum Gasteiger partial charge on any atom is 0.725 e. The predicted molar refractivity (Wildman–Crippen MR) is 108 cm³/mol. The Balaban J connectivity index is 1.61. The number of para-hydroxylation sites is 2. The van der Waals surface area contributed by atoms with Crippen LogP contribution in [0.5, 0.6) is 0 Å². The van der Waals surface area contributed by atoms with Gasteiger partial charge in [-0.05, 0) is 31.2 Å². The van der Waals surface area contributed by atoms with Crippen molar-refractivity contribution in [2.45, 2.75) is 6.92 Å². The number of benzene rings is 2. The minimum absolute atomic E-state index is 0.113. The van der Waals surface area contributed by atoms with E-state index in [1.807, 2.05) is 36.4 Å². The van der Waals surface area contributed by atoms with E-state index in [2.05, 4.69) is 33.5 Å². The first-order valence-corrected chi connectivity index (χ1v) is 9.04.